The molecule has 0 unspecified atom stereocenters. The number of nitrogens with zero attached hydrogens (tertiary/aromatic N) is 4. The van der Waals surface area contributed by atoms with E-state index in [1.807, 2.05) is 6.92 Å². The predicted molar refractivity (Wildman–Crippen MR) is 55.3 cm³/mol. The van der Waals surface area contributed by atoms with E-state index in [0.29, 0.717) is 23.8 Å². The largest absolute Gasteiger partial charge is 0.362 e. The van der Waals surface area contributed by atoms with E-state index in [1.54, 1.807) is 12.3 Å². The lowest BCUT2D eigenvalue weighted by molar-refractivity contribution is 0.411. The van der Waals surface area contributed by atoms with Crippen LogP contribution in [0.5, 0.6) is 0 Å². The average molecular weight is 215 g/mol. The first kappa shape index (κ1) is 10.1. The van der Waals surface area contributed by atoms with Gasteiger partial charge in [-0.15, -0.1) is 0 Å². The van der Waals surface area contributed by atoms with Crippen molar-refractivity contribution in [3.63, 3.8) is 0 Å². The van der Waals surface area contributed by atoms with Gasteiger partial charge < -0.3 is 9.84 Å². The van der Waals surface area contributed by atoms with Gasteiger partial charge in [0.1, 0.15) is 11.9 Å². The summed E-state index contributed by atoms with van der Waals surface area (Å²) in [7, 11) is 0. The van der Waals surface area contributed by atoms with Gasteiger partial charge in [0.25, 0.3) is 0 Å². The normalized spacial score (nSPS) is 9.75. The van der Waals surface area contributed by atoms with Crippen LogP contribution in [0.1, 0.15) is 17.0 Å². The van der Waals surface area contributed by atoms with E-state index in [-0.39, 0.29) is 0 Å². The lowest BCUT2D eigenvalue weighted by Crippen LogP contribution is -2.05. The molecule has 6 nitrogen and oxygen atoms in total. The highest BCUT2D eigenvalue weighted by Gasteiger charge is 2.06. The Labute approximate surface area is 91.9 Å². The van der Waals surface area contributed by atoms with Gasteiger partial charge in [0.2, 0.25) is 6.39 Å². The van der Waals surface area contributed by atoms with Gasteiger partial charge in [-0.05, 0) is 18.6 Å². The third-order valence-corrected chi connectivity index (χ3v) is 2.09. The first-order valence-corrected chi connectivity index (χ1v) is 4.66. The smallest absolute Gasteiger partial charge is 0.213 e. The average Bonchev–Trinajstić information content (AvgIpc) is 2.79. The molecule has 0 saturated heterocycles. The summed E-state index contributed by atoms with van der Waals surface area (Å²) in [6.45, 7) is 2.24. The molecule has 2 aromatic heterocycles. The zero-order chi connectivity index (χ0) is 11.4. The Balaban J connectivity index is 2.16. The van der Waals surface area contributed by atoms with E-state index in [0.717, 1.165) is 5.56 Å². The molecule has 0 spiro atoms. The topological polar surface area (TPSA) is 87.6 Å². The second kappa shape index (κ2) is 4.40. The minimum Gasteiger partial charge on any atom is -0.362 e. The van der Waals surface area contributed by atoms with E-state index in [1.165, 1.54) is 6.39 Å². The Kier molecular flexibility index (Phi) is 2.78. The number of aromatic nitrogens is 3. The molecular formula is C10H9N5O. The lowest BCUT2D eigenvalue weighted by atomic mass is 10.1. The van der Waals surface area contributed by atoms with Crippen LogP contribution >= 0.6 is 0 Å². The molecule has 0 aliphatic carbocycles. The molecule has 0 aromatic carbocycles. The molecular weight excluding hydrogens is 206 g/mol. The van der Waals surface area contributed by atoms with Crippen molar-refractivity contribution in [2.24, 2.45) is 0 Å². The van der Waals surface area contributed by atoms with Gasteiger partial charge in [-0.2, -0.15) is 10.2 Å². The fourth-order valence-corrected chi connectivity index (χ4v) is 1.27. The van der Waals surface area contributed by atoms with Gasteiger partial charge >= 0.3 is 0 Å². The van der Waals surface area contributed by atoms with E-state index >= 15 is 0 Å². The molecule has 0 atom stereocenters. The maximum atomic E-state index is 8.98. The van der Waals surface area contributed by atoms with Gasteiger partial charge in [0, 0.05) is 6.20 Å². The molecule has 0 fully saturated rings. The van der Waals surface area contributed by atoms with Gasteiger partial charge in [-0.25, -0.2) is 4.98 Å². The molecule has 6 heteroatoms. The van der Waals surface area contributed by atoms with Crippen LogP contribution in [-0.2, 0) is 6.54 Å². The molecule has 2 aromatic rings. The minimum absolute atomic E-state index is 0.377. The van der Waals surface area contributed by atoms with E-state index in [2.05, 4.69) is 31.0 Å². The van der Waals surface area contributed by atoms with Crippen molar-refractivity contribution in [3.8, 4) is 6.07 Å². The maximum absolute atomic E-state index is 8.98. The number of aryl methyl sites for hydroxylation is 1. The number of nitriles is 1. The Morgan fingerprint density at radius 2 is 2.38 bits per heavy atom. The molecule has 0 aliphatic rings. The first-order chi connectivity index (χ1) is 7.81. The van der Waals surface area contributed by atoms with E-state index in [4.69, 9.17) is 5.26 Å². The monoisotopic (exact) mass is 215 g/mol. The third-order valence-electron chi connectivity index (χ3n) is 2.09. The quantitative estimate of drug-likeness (QED) is 0.829. The van der Waals surface area contributed by atoms with Gasteiger partial charge in [-0.3, -0.25) is 0 Å². The summed E-state index contributed by atoms with van der Waals surface area (Å²) in [5.74, 6) is 1.06. The zero-order valence-corrected chi connectivity index (χ0v) is 8.64. The summed E-state index contributed by atoms with van der Waals surface area (Å²) in [5.41, 5.74) is 1.42. The molecule has 2 heterocycles. The highest BCUT2D eigenvalue weighted by molar-refractivity contribution is 5.55. The van der Waals surface area contributed by atoms with Crippen molar-refractivity contribution in [2.75, 3.05) is 5.32 Å². The van der Waals surface area contributed by atoms with Crippen molar-refractivity contribution in [2.45, 2.75) is 13.5 Å². The zero-order valence-electron chi connectivity index (χ0n) is 8.64. The minimum atomic E-state index is 0.377. The van der Waals surface area contributed by atoms with Crippen LogP contribution in [0.3, 0.4) is 0 Å². The van der Waals surface area contributed by atoms with Crippen molar-refractivity contribution in [1.82, 2.24) is 15.1 Å². The van der Waals surface area contributed by atoms with Gasteiger partial charge in [-0.1, -0.05) is 5.16 Å². The van der Waals surface area contributed by atoms with E-state index < -0.39 is 0 Å². The third kappa shape index (κ3) is 1.98. The summed E-state index contributed by atoms with van der Waals surface area (Å²) >= 11 is 0. The van der Waals surface area contributed by atoms with Crippen LogP contribution in [0.4, 0.5) is 5.82 Å². The SMILES string of the molecule is Cc1ccnc(NCc2ncon2)c1C#N. The number of nitrogens with one attached hydrogen (secondary N) is 1. The van der Waals surface area contributed by atoms with Crippen molar-refractivity contribution in [1.29, 1.82) is 5.26 Å². The Morgan fingerprint density at radius 3 is 3.06 bits per heavy atom. The number of rotatable bonds is 3. The summed E-state index contributed by atoms with van der Waals surface area (Å²) in [4.78, 5) is 7.95. The van der Waals surface area contributed by atoms with Crippen molar-refractivity contribution < 1.29 is 4.52 Å². The van der Waals surface area contributed by atoms with Crippen LogP contribution in [0.25, 0.3) is 0 Å². The fourth-order valence-electron chi connectivity index (χ4n) is 1.27. The fraction of sp³-hybridized carbons (Fsp3) is 0.200. The lowest BCUT2D eigenvalue weighted by Gasteiger charge is -2.05. The van der Waals surface area contributed by atoms with Crippen molar-refractivity contribution in [3.05, 3.63) is 35.6 Å². The second-order valence-electron chi connectivity index (χ2n) is 3.16. The summed E-state index contributed by atoms with van der Waals surface area (Å²) in [6, 6.07) is 3.89. The Morgan fingerprint density at radius 1 is 1.50 bits per heavy atom. The van der Waals surface area contributed by atoms with Crippen LogP contribution < -0.4 is 5.32 Å². The molecule has 80 valence electrons. The number of anilines is 1. The van der Waals surface area contributed by atoms with Crippen LogP contribution in [-0.4, -0.2) is 15.1 Å². The Bertz CT molecular complexity index is 515. The molecule has 0 saturated carbocycles. The van der Waals surface area contributed by atoms with Gasteiger partial charge in [0.05, 0.1) is 12.1 Å². The van der Waals surface area contributed by atoms with Crippen LogP contribution in [0.2, 0.25) is 0 Å². The number of pyridine rings is 1. The second-order valence-corrected chi connectivity index (χ2v) is 3.16. The number of hydrogen-bond acceptors (Lipinski definition) is 6. The molecule has 0 amide bonds. The first-order valence-electron chi connectivity index (χ1n) is 4.66. The van der Waals surface area contributed by atoms with Crippen molar-refractivity contribution >= 4 is 5.82 Å². The molecule has 1 N–H and O–H groups in total. The molecule has 16 heavy (non-hydrogen) atoms. The molecule has 2 rings (SSSR count). The van der Waals surface area contributed by atoms with E-state index in [9.17, 15) is 0 Å². The maximum Gasteiger partial charge on any atom is 0.213 e. The molecule has 0 bridgehead atoms. The highest BCUT2D eigenvalue weighted by atomic mass is 16.5. The number of hydrogen-bond donors (Lipinski definition) is 1. The summed E-state index contributed by atoms with van der Waals surface area (Å²) < 4.78 is 4.60. The standard InChI is InChI=1S/C10H9N5O/c1-7-2-3-12-10(8(7)4-11)13-5-9-14-6-16-15-9/h2-3,6H,5H2,1H3,(H,12,13). The Hall–Kier alpha value is -2.42. The van der Waals surface area contributed by atoms with Crippen LogP contribution in [0, 0.1) is 18.3 Å². The predicted octanol–water partition coefficient (Wildman–Crippen LogP) is 1.26. The van der Waals surface area contributed by atoms with Crippen LogP contribution in [0.15, 0.2) is 23.2 Å². The summed E-state index contributed by atoms with van der Waals surface area (Å²) in [6.07, 6.45) is 2.90. The molecule has 0 aliphatic heterocycles. The summed E-state index contributed by atoms with van der Waals surface area (Å²) in [5, 5.41) is 15.6. The highest BCUT2D eigenvalue weighted by Crippen LogP contribution is 2.15. The molecule has 0 radical (unpaired) electrons. The van der Waals surface area contributed by atoms with Gasteiger partial charge in [0.15, 0.2) is 5.82 Å².